The fraction of sp³-hybridized carbons (Fsp3) is 0.527. The highest BCUT2D eigenvalue weighted by atomic mass is 32.1. The zero-order valence-electron chi connectivity index (χ0n) is 39.5. The Labute approximate surface area is 397 Å². The number of nitrogens with zero attached hydrogens (tertiary/aromatic N) is 5. The number of aryl methyl sites for hydroxylation is 3. The van der Waals surface area contributed by atoms with Crippen molar-refractivity contribution in [2.45, 2.75) is 181 Å². The smallest absolute Gasteiger partial charge is 0.114 e. The molecule has 0 aliphatic heterocycles. The molecule has 5 heterocycles. The van der Waals surface area contributed by atoms with E-state index in [-0.39, 0.29) is 10.8 Å². The van der Waals surface area contributed by atoms with Crippen molar-refractivity contribution in [2.75, 3.05) is 0 Å². The van der Waals surface area contributed by atoms with Gasteiger partial charge < -0.3 is 4.57 Å². The molecule has 5 aromatic heterocycles. The Hall–Kier alpha value is -3.50. The Morgan fingerprint density at radius 2 is 0.891 bits per heavy atom. The van der Waals surface area contributed by atoms with Crippen LogP contribution in [-0.2, 0) is 17.9 Å². The van der Waals surface area contributed by atoms with Crippen molar-refractivity contribution in [1.29, 1.82) is 0 Å². The van der Waals surface area contributed by atoms with Gasteiger partial charge in [0.2, 0.25) is 0 Å². The number of benzene rings is 3. The summed E-state index contributed by atoms with van der Waals surface area (Å²) >= 11 is 6.69. The van der Waals surface area contributed by atoms with Crippen molar-refractivity contribution in [3.05, 3.63) is 69.1 Å². The first-order chi connectivity index (χ1) is 31.3. The van der Waals surface area contributed by atoms with Crippen LogP contribution < -0.4 is 0 Å². The minimum absolute atomic E-state index is 0.0562. The van der Waals surface area contributed by atoms with E-state index < -0.39 is 0 Å². The molecule has 9 heteroatoms. The molecule has 0 atom stereocenters. The molecule has 10 rings (SSSR count). The predicted molar refractivity (Wildman–Crippen MR) is 281 cm³/mol. The lowest BCUT2D eigenvalue weighted by Gasteiger charge is -2.35. The SMILES string of the molecule is CCCCCCC1(CCCCCC)c2cc3c(cc2-c2c1cc(C)c1nsnc21)C(CCCCCC)(CCCCCC)c1cc(-c2cc4c(s2)c2sc(C)cc2n4C)c2nsnc2c1-3. The van der Waals surface area contributed by atoms with Crippen molar-refractivity contribution in [2.24, 2.45) is 7.05 Å². The maximum atomic E-state index is 5.34. The van der Waals surface area contributed by atoms with Crippen LogP contribution >= 0.6 is 46.1 Å². The third-order valence-electron chi connectivity index (χ3n) is 15.6. The molecule has 0 saturated heterocycles. The summed E-state index contributed by atoms with van der Waals surface area (Å²) in [6.45, 7) is 13.9. The van der Waals surface area contributed by atoms with E-state index in [1.54, 1.807) is 11.1 Å². The lowest BCUT2D eigenvalue weighted by atomic mass is 9.68. The summed E-state index contributed by atoms with van der Waals surface area (Å²) < 4.78 is 25.9. The number of unbranched alkanes of at least 4 members (excludes halogenated alkanes) is 12. The van der Waals surface area contributed by atoms with Gasteiger partial charge in [0.15, 0.2) is 0 Å². The first-order valence-corrected chi connectivity index (χ1v) is 28.1. The molecule has 8 aromatic rings. The molecule has 0 unspecified atom stereocenters. The Kier molecular flexibility index (Phi) is 12.7. The van der Waals surface area contributed by atoms with Crippen LogP contribution in [0.25, 0.3) is 75.2 Å². The molecular weight excluding hydrogens is 859 g/mol. The molecule has 0 saturated carbocycles. The standard InChI is InChI=1S/C55H67N5S4/c1-8-12-16-20-24-54(25-21-17-13-9-2)39-31-37-40(30-36(39)46-41(54)28-34(5)48-50(46)58-63-56-48)55(26-22-18-14-10-3,27-23-19-15-11-4)42-32-38(49-51(47(37)42)59-64-57-49)45-33-44-53(62-45)52-43(60(44)7)29-35(6)61-52/h28-33H,8-27H2,1-7H3. The number of thiophene rings is 2. The first kappa shape index (κ1) is 44.3. The van der Waals surface area contributed by atoms with Crippen LogP contribution in [0.15, 0.2) is 36.4 Å². The maximum Gasteiger partial charge on any atom is 0.114 e. The highest BCUT2D eigenvalue weighted by Gasteiger charge is 2.50. The lowest BCUT2D eigenvalue weighted by molar-refractivity contribution is 0.397. The van der Waals surface area contributed by atoms with Gasteiger partial charge in [-0.25, -0.2) is 0 Å². The summed E-state index contributed by atoms with van der Waals surface area (Å²) in [6, 6.07) is 15.5. The molecule has 0 radical (unpaired) electrons. The fourth-order valence-corrected chi connectivity index (χ4v) is 15.9. The van der Waals surface area contributed by atoms with Crippen LogP contribution in [0.5, 0.6) is 0 Å². The van der Waals surface area contributed by atoms with E-state index in [1.807, 2.05) is 22.7 Å². The van der Waals surface area contributed by atoms with E-state index in [2.05, 4.69) is 89.6 Å². The van der Waals surface area contributed by atoms with Gasteiger partial charge in [-0.1, -0.05) is 136 Å². The highest BCUT2D eigenvalue weighted by molar-refractivity contribution is 7.29. The van der Waals surface area contributed by atoms with Gasteiger partial charge in [-0.3, -0.25) is 0 Å². The number of fused-ring (bicyclic) bond motifs is 13. The van der Waals surface area contributed by atoms with E-state index in [4.69, 9.17) is 17.5 Å². The molecule has 0 spiro atoms. The quantitative estimate of drug-likeness (QED) is 0.0674. The van der Waals surface area contributed by atoms with E-state index >= 15 is 0 Å². The van der Waals surface area contributed by atoms with E-state index in [0.29, 0.717) is 0 Å². The fourth-order valence-electron chi connectivity index (χ4n) is 12.3. The van der Waals surface area contributed by atoms with Crippen molar-refractivity contribution < 1.29 is 0 Å². The van der Waals surface area contributed by atoms with Gasteiger partial charge in [0.25, 0.3) is 0 Å². The third kappa shape index (κ3) is 7.15. The molecule has 0 fully saturated rings. The van der Waals surface area contributed by atoms with Gasteiger partial charge in [-0.2, -0.15) is 17.5 Å². The Balaban J connectivity index is 1.24. The lowest BCUT2D eigenvalue weighted by Crippen LogP contribution is -2.27. The highest BCUT2D eigenvalue weighted by Crippen LogP contribution is 2.63. The van der Waals surface area contributed by atoms with Gasteiger partial charge in [0, 0.05) is 44.3 Å². The van der Waals surface area contributed by atoms with Crippen LogP contribution in [0.4, 0.5) is 0 Å². The van der Waals surface area contributed by atoms with Crippen LogP contribution in [0, 0.1) is 13.8 Å². The number of aromatic nitrogens is 5. The Bertz CT molecular complexity index is 2950. The summed E-state index contributed by atoms with van der Waals surface area (Å²) in [5.74, 6) is 0. The minimum atomic E-state index is -0.111. The van der Waals surface area contributed by atoms with E-state index in [1.165, 1.54) is 214 Å². The molecule has 336 valence electrons. The average Bonchev–Trinajstić information content (AvgIpc) is 4.17. The van der Waals surface area contributed by atoms with Gasteiger partial charge in [-0.05, 0) is 109 Å². The van der Waals surface area contributed by atoms with Gasteiger partial charge >= 0.3 is 0 Å². The molecule has 0 N–H and O–H groups in total. The second-order valence-electron chi connectivity index (χ2n) is 19.7. The molecule has 5 nitrogen and oxygen atoms in total. The molecule has 3 aromatic carbocycles. The molecule has 2 aliphatic rings. The summed E-state index contributed by atoms with van der Waals surface area (Å²) in [6.07, 6.45) is 24.9. The second-order valence-corrected chi connectivity index (χ2v) is 23.1. The molecular formula is C55H67N5S4. The summed E-state index contributed by atoms with van der Waals surface area (Å²) in [5.41, 5.74) is 21.3. The van der Waals surface area contributed by atoms with Crippen molar-refractivity contribution in [3.8, 4) is 32.7 Å². The van der Waals surface area contributed by atoms with Gasteiger partial charge in [0.1, 0.15) is 22.1 Å². The Morgan fingerprint density at radius 1 is 0.453 bits per heavy atom. The van der Waals surface area contributed by atoms with Crippen LogP contribution in [0.2, 0.25) is 0 Å². The monoisotopic (exact) mass is 925 g/mol. The van der Waals surface area contributed by atoms with E-state index in [9.17, 15) is 0 Å². The summed E-state index contributed by atoms with van der Waals surface area (Å²) in [5, 5.41) is 0. The number of hydrogen-bond acceptors (Lipinski definition) is 8. The van der Waals surface area contributed by atoms with Crippen LogP contribution in [-0.4, -0.2) is 22.1 Å². The normalized spacial score (nSPS) is 14.7. The molecule has 0 bridgehead atoms. The third-order valence-corrected chi connectivity index (χ3v) is 19.0. The largest absolute Gasteiger partial charge is 0.342 e. The molecule has 0 amide bonds. The van der Waals surface area contributed by atoms with Gasteiger partial charge in [-0.15, -0.1) is 22.7 Å². The predicted octanol–water partition coefficient (Wildman–Crippen LogP) is 18.2. The van der Waals surface area contributed by atoms with Gasteiger partial charge in [0.05, 0.1) is 43.9 Å². The zero-order valence-corrected chi connectivity index (χ0v) is 42.7. The maximum absolute atomic E-state index is 5.34. The minimum Gasteiger partial charge on any atom is -0.342 e. The van der Waals surface area contributed by atoms with Crippen LogP contribution in [0.3, 0.4) is 0 Å². The van der Waals surface area contributed by atoms with Crippen molar-refractivity contribution in [3.63, 3.8) is 0 Å². The van der Waals surface area contributed by atoms with Crippen LogP contribution in [0.1, 0.15) is 189 Å². The van der Waals surface area contributed by atoms with Crippen molar-refractivity contribution in [1.82, 2.24) is 22.1 Å². The molecule has 64 heavy (non-hydrogen) atoms. The number of rotatable bonds is 21. The second kappa shape index (κ2) is 18.3. The average molecular weight is 926 g/mol. The van der Waals surface area contributed by atoms with Crippen molar-refractivity contribution >= 4 is 88.6 Å². The summed E-state index contributed by atoms with van der Waals surface area (Å²) in [7, 11) is 2.24. The first-order valence-electron chi connectivity index (χ1n) is 25.0. The topological polar surface area (TPSA) is 56.5 Å². The Morgan fingerprint density at radius 3 is 1.42 bits per heavy atom. The summed E-state index contributed by atoms with van der Waals surface area (Å²) in [4.78, 5) is 2.69. The molecule has 2 aliphatic carbocycles. The van der Waals surface area contributed by atoms with E-state index in [0.717, 1.165) is 34.9 Å². The zero-order chi connectivity index (χ0) is 44.2. The number of hydrogen-bond donors (Lipinski definition) is 0.